The summed E-state index contributed by atoms with van der Waals surface area (Å²) in [5, 5.41) is 3.32. The monoisotopic (exact) mass is 397 g/mol. The molecule has 1 aromatic rings. The molecule has 2 N–H and O–H groups in total. The third kappa shape index (κ3) is 6.59. The molecule has 0 atom stereocenters. The van der Waals surface area contributed by atoms with Crippen molar-refractivity contribution in [3.8, 4) is 5.75 Å². The van der Waals surface area contributed by atoms with Crippen LogP contribution in [0.15, 0.2) is 29.3 Å². The minimum atomic E-state index is -3.12. The summed E-state index contributed by atoms with van der Waals surface area (Å²) in [7, 11) is 0.333. The molecule has 1 aliphatic rings. The van der Waals surface area contributed by atoms with Crippen molar-refractivity contribution in [3.05, 3.63) is 24.3 Å². The molecule has 0 aromatic heterocycles. The number of ether oxygens (including phenoxy) is 1. The molecule has 152 valence electrons. The lowest BCUT2D eigenvalue weighted by atomic mass is 10.2. The molecular formula is C18H31N5O3S. The Balaban J connectivity index is 1.74. The lowest BCUT2D eigenvalue weighted by Crippen LogP contribution is -2.52. The highest BCUT2D eigenvalue weighted by Crippen LogP contribution is 2.20. The number of nitrogens with zero attached hydrogens (tertiary/aromatic N) is 3. The van der Waals surface area contributed by atoms with E-state index in [1.807, 2.05) is 12.1 Å². The number of anilines is 1. The van der Waals surface area contributed by atoms with Gasteiger partial charge in [0.2, 0.25) is 10.0 Å². The van der Waals surface area contributed by atoms with Crippen molar-refractivity contribution < 1.29 is 13.2 Å². The fourth-order valence-corrected chi connectivity index (χ4v) is 3.58. The number of methoxy groups -OCH3 is 1. The lowest BCUT2D eigenvalue weighted by Gasteiger charge is -2.37. The molecule has 0 aliphatic carbocycles. The van der Waals surface area contributed by atoms with Gasteiger partial charge in [0.15, 0.2) is 5.96 Å². The second-order valence-electron chi connectivity index (χ2n) is 6.30. The average Bonchev–Trinajstić information content (AvgIpc) is 2.71. The maximum Gasteiger partial charge on any atom is 0.211 e. The highest BCUT2D eigenvalue weighted by Gasteiger charge is 2.19. The van der Waals surface area contributed by atoms with E-state index in [-0.39, 0.29) is 5.75 Å². The van der Waals surface area contributed by atoms with Gasteiger partial charge in [-0.1, -0.05) is 0 Å². The smallest absolute Gasteiger partial charge is 0.211 e. The Labute approximate surface area is 162 Å². The maximum absolute atomic E-state index is 11.4. The molecule has 0 spiro atoms. The number of piperazine rings is 1. The molecule has 0 amide bonds. The fraction of sp³-hybridized carbons (Fsp3) is 0.611. The number of guanidine groups is 1. The first-order chi connectivity index (χ1) is 13.0. The molecule has 27 heavy (non-hydrogen) atoms. The summed E-state index contributed by atoms with van der Waals surface area (Å²) in [4.78, 5) is 8.93. The zero-order chi connectivity index (χ0) is 19.7. The van der Waals surface area contributed by atoms with Crippen LogP contribution in [0.3, 0.4) is 0 Å². The van der Waals surface area contributed by atoms with E-state index in [0.29, 0.717) is 19.5 Å². The van der Waals surface area contributed by atoms with Crippen molar-refractivity contribution in [1.29, 1.82) is 0 Å². The summed E-state index contributed by atoms with van der Waals surface area (Å²) in [6.45, 7) is 6.35. The highest BCUT2D eigenvalue weighted by molar-refractivity contribution is 7.89. The standard InChI is InChI=1S/C18H31N5O3S/c1-4-27(24,25)21-11-5-10-20-18(19-2)23-14-12-22(13-15-23)16-6-8-17(26-3)9-7-16/h6-9,21H,4-5,10-15H2,1-3H3,(H,19,20). The molecule has 1 aromatic carbocycles. The van der Waals surface area contributed by atoms with E-state index in [2.05, 4.69) is 37.0 Å². The number of hydrogen-bond donors (Lipinski definition) is 2. The van der Waals surface area contributed by atoms with Crippen molar-refractivity contribution in [2.24, 2.45) is 4.99 Å². The van der Waals surface area contributed by atoms with Gasteiger partial charge in [-0.05, 0) is 37.6 Å². The van der Waals surface area contributed by atoms with Crippen molar-refractivity contribution >= 4 is 21.7 Å². The van der Waals surface area contributed by atoms with Gasteiger partial charge in [0.25, 0.3) is 0 Å². The third-order valence-electron chi connectivity index (χ3n) is 4.57. The van der Waals surface area contributed by atoms with Crippen LogP contribution in [0.5, 0.6) is 5.75 Å². The van der Waals surface area contributed by atoms with Gasteiger partial charge in [-0.3, -0.25) is 4.99 Å². The van der Waals surface area contributed by atoms with Gasteiger partial charge in [-0.2, -0.15) is 0 Å². The maximum atomic E-state index is 11.4. The van der Waals surface area contributed by atoms with E-state index in [4.69, 9.17) is 4.74 Å². The van der Waals surface area contributed by atoms with Gasteiger partial charge in [0.1, 0.15) is 5.75 Å². The number of nitrogens with one attached hydrogen (secondary N) is 2. The number of sulfonamides is 1. The average molecular weight is 398 g/mol. The topological polar surface area (TPSA) is 86.3 Å². The van der Waals surface area contributed by atoms with Crippen LogP contribution in [0.2, 0.25) is 0 Å². The molecule has 1 heterocycles. The SMILES string of the molecule is CCS(=O)(=O)NCCCNC(=NC)N1CCN(c2ccc(OC)cc2)CC1. The fourth-order valence-electron chi connectivity index (χ4n) is 2.92. The van der Waals surface area contributed by atoms with Gasteiger partial charge >= 0.3 is 0 Å². The van der Waals surface area contributed by atoms with Crippen molar-refractivity contribution in [1.82, 2.24) is 14.9 Å². The first kappa shape index (κ1) is 21.3. The van der Waals surface area contributed by atoms with Crippen LogP contribution in [0.1, 0.15) is 13.3 Å². The van der Waals surface area contributed by atoms with Crippen LogP contribution in [0.4, 0.5) is 5.69 Å². The molecule has 0 unspecified atom stereocenters. The second-order valence-corrected chi connectivity index (χ2v) is 8.39. The Kier molecular flexibility index (Phi) is 8.18. The van der Waals surface area contributed by atoms with Gasteiger partial charge < -0.3 is 19.9 Å². The molecule has 1 saturated heterocycles. The predicted octanol–water partition coefficient (Wildman–Crippen LogP) is 0.722. The number of benzene rings is 1. The van der Waals surface area contributed by atoms with Gasteiger partial charge in [0.05, 0.1) is 12.9 Å². The van der Waals surface area contributed by atoms with Crippen LogP contribution in [0.25, 0.3) is 0 Å². The van der Waals surface area contributed by atoms with Crippen molar-refractivity contribution in [2.75, 3.05) is 64.1 Å². The Bertz CT molecular complexity index is 698. The summed E-state index contributed by atoms with van der Waals surface area (Å²) in [5.41, 5.74) is 1.20. The number of aliphatic imine (C=N–C) groups is 1. The number of rotatable bonds is 8. The Morgan fingerprint density at radius 1 is 1.15 bits per heavy atom. The van der Waals surface area contributed by atoms with Crippen LogP contribution < -0.4 is 19.7 Å². The molecule has 0 bridgehead atoms. The molecule has 0 radical (unpaired) electrons. The van der Waals surface area contributed by atoms with E-state index < -0.39 is 10.0 Å². The van der Waals surface area contributed by atoms with Crippen LogP contribution >= 0.6 is 0 Å². The van der Waals surface area contributed by atoms with E-state index >= 15 is 0 Å². The largest absolute Gasteiger partial charge is 0.497 e. The molecule has 1 fully saturated rings. The summed E-state index contributed by atoms with van der Waals surface area (Å²) in [6.07, 6.45) is 0.712. The summed E-state index contributed by atoms with van der Waals surface area (Å²) in [5.74, 6) is 1.84. The first-order valence-electron chi connectivity index (χ1n) is 9.31. The molecule has 2 rings (SSSR count). The van der Waals surface area contributed by atoms with Gasteiger partial charge in [-0.25, -0.2) is 13.1 Å². The van der Waals surface area contributed by atoms with E-state index in [0.717, 1.165) is 37.9 Å². The molecule has 9 heteroatoms. The van der Waals surface area contributed by atoms with Crippen LogP contribution in [-0.2, 0) is 10.0 Å². The van der Waals surface area contributed by atoms with E-state index in [1.54, 1.807) is 21.1 Å². The minimum absolute atomic E-state index is 0.112. The summed E-state index contributed by atoms with van der Waals surface area (Å²) < 4.78 is 30.6. The molecular weight excluding hydrogens is 366 g/mol. The lowest BCUT2D eigenvalue weighted by molar-refractivity contribution is 0.372. The summed E-state index contributed by atoms with van der Waals surface area (Å²) >= 11 is 0. The highest BCUT2D eigenvalue weighted by atomic mass is 32.2. The molecule has 8 nitrogen and oxygen atoms in total. The van der Waals surface area contributed by atoms with Crippen molar-refractivity contribution in [3.63, 3.8) is 0 Å². The predicted molar refractivity (Wildman–Crippen MR) is 110 cm³/mol. The normalized spacial score (nSPS) is 15.7. The molecule has 0 saturated carbocycles. The van der Waals surface area contributed by atoms with Crippen molar-refractivity contribution in [2.45, 2.75) is 13.3 Å². The van der Waals surface area contributed by atoms with Gasteiger partial charge in [-0.15, -0.1) is 0 Å². The third-order valence-corrected chi connectivity index (χ3v) is 5.97. The first-order valence-corrected chi connectivity index (χ1v) is 11.0. The van der Waals surface area contributed by atoms with Crippen LogP contribution in [-0.4, -0.2) is 78.5 Å². The Morgan fingerprint density at radius 3 is 2.37 bits per heavy atom. The Morgan fingerprint density at radius 2 is 1.81 bits per heavy atom. The van der Waals surface area contributed by atoms with Crippen LogP contribution in [0, 0.1) is 0 Å². The Hall–Kier alpha value is -2.00. The second kappa shape index (κ2) is 10.4. The summed E-state index contributed by atoms with van der Waals surface area (Å²) in [6, 6.07) is 8.13. The zero-order valence-corrected chi connectivity index (χ0v) is 17.3. The zero-order valence-electron chi connectivity index (χ0n) is 16.4. The van der Waals surface area contributed by atoms with E-state index in [1.165, 1.54) is 5.69 Å². The van der Waals surface area contributed by atoms with E-state index in [9.17, 15) is 8.42 Å². The minimum Gasteiger partial charge on any atom is -0.497 e. The number of hydrogen-bond acceptors (Lipinski definition) is 5. The molecule has 1 aliphatic heterocycles. The van der Waals surface area contributed by atoms with Gasteiger partial charge in [0, 0.05) is 52.0 Å². The quantitative estimate of drug-likeness (QED) is 0.382.